The van der Waals surface area contributed by atoms with Gasteiger partial charge in [0, 0.05) is 12.6 Å². The summed E-state index contributed by atoms with van der Waals surface area (Å²) >= 11 is 0. The molecule has 1 heterocycles. The first-order valence-corrected chi connectivity index (χ1v) is 7.69. The largest absolute Gasteiger partial charge is 0.490 e. The van der Waals surface area contributed by atoms with Crippen LogP contribution < -0.4 is 16.0 Å². The summed E-state index contributed by atoms with van der Waals surface area (Å²) in [7, 11) is 0. The average Bonchev–Trinajstić information content (AvgIpc) is 3.30. The molecule has 0 amide bonds. The molecular weight excluding hydrogens is 252 g/mol. The summed E-state index contributed by atoms with van der Waals surface area (Å²) in [5, 5.41) is 0. The molecule has 3 rings (SSSR count). The average molecular weight is 276 g/mol. The second-order valence-corrected chi connectivity index (χ2v) is 5.83. The fourth-order valence-corrected chi connectivity index (χ4v) is 2.74. The highest BCUT2D eigenvalue weighted by molar-refractivity contribution is 5.31. The van der Waals surface area contributed by atoms with Crippen LogP contribution in [0.25, 0.3) is 0 Å². The highest BCUT2D eigenvalue weighted by Crippen LogP contribution is 2.30. The van der Waals surface area contributed by atoms with Crippen LogP contribution in [0.5, 0.6) is 5.75 Å². The highest BCUT2D eigenvalue weighted by Gasteiger charge is 2.24. The second kappa shape index (κ2) is 6.57. The third-order valence-corrected chi connectivity index (χ3v) is 4.06. The Balaban J connectivity index is 1.64. The van der Waals surface area contributed by atoms with Gasteiger partial charge in [-0.05, 0) is 56.2 Å². The molecular formula is C16H24N2O2. The zero-order valence-corrected chi connectivity index (χ0v) is 11.9. The Labute approximate surface area is 120 Å². The molecule has 0 radical (unpaired) electrons. The first kappa shape index (κ1) is 13.9. The lowest BCUT2D eigenvalue weighted by Crippen LogP contribution is -2.32. The van der Waals surface area contributed by atoms with E-state index in [0.717, 1.165) is 25.2 Å². The Hall–Kier alpha value is -1.10. The fourth-order valence-electron chi connectivity index (χ4n) is 2.74. The van der Waals surface area contributed by atoms with Crippen molar-refractivity contribution in [3.8, 4) is 5.75 Å². The molecule has 1 saturated carbocycles. The summed E-state index contributed by atoms with van der Waals surface area (Å²) in [5.74, 6) is 6.69. The Bertz CT molecular complexity index is 428. The summed E-state index contributed by atoms with van der Waals surface area (Å²) in [4.78, 5) is 0. The van der Waals surface area contributed by atoms with Crippen LogP contribution in [0, 0.1) is 0 Å². The van der Waals surface area contributed by atoms with Crippen molar-refractivity contribution in [2.45, 2.75) is 56.8 Å². The quantitative estimate of drug-likeness (QED) is 0.619. The lowest BCUT2D eigenvalue weighted by atomic mass is 9.97. The normalized spacial score (nSPS) is 24.4. The molecule has 1 aromatic carbocycles. The van der Waals surface area contributed by atoms with Gasteiger partial charge in [0.05, 0.1) is 12.2 Å². The van der Waals surface area contributed by atoms with Gasteiger partial charge in [-0.2, -0.15) is 0 Å². The standard InChI is InChI=1S/C16H24N2O2/c17-18-16(11-14-5-1-2-9-19-14)12-4-3-6-15(10-12)20-13-7-8-13/h3-4,6,10,13-14,16,18H,1-2,5,7-9,11,17H2. The van der Waals surface area contributed by atoms with E-state index in [1.165, 1.54) is 31.2 Å². The van der Waals surface area contributed by atoms with Crippen LogP contribution in [0.1, 0.15) is 50.1 Å². The molecule has 0 bridgehead atoms. The van der Waals surface area contributed by atoms with Crippen LogP contribution in [0.15, 0.2) is 24.3 Å². The Morgan fingerprint density at radius 2 is 2.20 bits per heavy atom. The van der Waals surface area contributed by atoms with Crippen molar-refractivity contribution in [2.24, 2.45) is 5.84 Å². The SMILES string of the molecule is NNC(CC1CCCCO1)c1cccc(OC2CC2)c1. The number of nitrogens with one attached hydrogen (secondary N) is 1. The number of hydrogen-bond acceptors (Lipinski definition) is 4. The molecule has 1 aliphatic carbocycles. The third-order valence-electron chi connectivity index (χ3n) is 4.06. The molecule has 2 atom stereocenters. The van der Waals surface area contributed by atoms with E-state index in [-0.39, 0.29) is 6.04 Å². The number of hydrogen-bond donors (Lipinski definition) is 2. The summed E-state index contributed by atoms with van der Waals surface area (Å²) < 4.78 is 11.7. The van der Waals surface area contributed by atoms with Crippen molar-refractivity contribution in [3.05, 3.63) is 29.8 Å². The van der Waals surface area contributed by atoms with E-state index in [9.17, 15) is 0 Å². The van der Waals surface area contributed by atoms with Gasteiger partial charge < -0.3 is 9.47 Å². The molecule has 4 heteroatoms. The van der Waals surface area contributed by atoms with Crippen LogP contribution in [0.2, 0.25) is 0 Å². The predicted octanol–water partition coefficient (Wildman–Crippen LogP) is 2.69. The number of rotatable bonds is 6. The van der Waals surface area contributed by atoms with E-state index in [0.29, 0.717) is 12.2 Å². The van der Waals surface area contributed by atoms with Crippen LogP contribution >= 0.6 is 0 Å². The minimum Gasteiger partial charge on any atom is -0.490 e. The van der Waals surface area contributed by atoms with Gasteiger partial charge in [-0.15, -0.1) is 0 Å². The molecule has 1 aromatic rings. The van der Waals surface area contributed by atoms with Crippen LogP contribution in [-0.2, 0) is 4.74 Å². The molecule has 0 spiro atoms. The summed E-state index contributed by atoms with van der Waals surface area (Å²) in [6.45, 7) is 0.882. The second-order valence-electron chi connectivity index (χ2n) is 5.83. The molecule has 4 nitrogen and oxygen atoms in total. The molecule has 2 fully saturated rings. The fraction of sp³-hybridized carbons (Fsp3) is 0.625. The van der Waals surface area contributed by atoms with E-state index in [1.807, 2.05) is 12.1 Å². The minimum atomic E-state index is 0.126. The van der Waals surface area contributed by atoms with Gasteiger partial charge in [-0.1, -0.05) is 12.1 Å². The van der Waals surface area contributed by atoms with Gasteiger partial charge >= 0.3 is 0 Å². The topological polar surface area (TPSA) is 56.5 Å². The van der Waals surface area contributed by atoms with Crippen molar-refractivity contribution in [1.82, 2.24) is 5.43 Å². The number of ether oxygens (including phenoxy) is 2. The highest BCUT2D eigenvalue weighted by atomic mass is 16.5. The zero-order valence-electron chi connectivity index (χ0n) is 11.9. The molecule has 3 N–H and O–H groups in total. The van der Waals surface area contributed by atoms with Crippen molar-refractivity contribution < 1.29 is 9.47 Å². The smallest absolute Gasteiger partial charge is 0.120 e. The summed E-state index contributed by atoms with van der Waals surface area (Å²) in [6.07, 6.45) is 7.60. The zero-order chi connectivity index (χ0) is 13.8. The molecule has 110 valence electrons. The van der Waals surface area contributed by atoms with Crippen molar-refractivity contribution >= 4 is 0 Å². The van der Waals surface area contributed by atoms with Crippen molar-refractivity contribution in [3.63, 3.8) is 0 Å². The summed E-state index contributed by atoms with van der Waals surface area (Å²) in [6, 6.07) is 8.39. The monoisotopic (exact) mass is 276 g/mol. The summed E-state index contributed by atoms with van der Waals surface area (Å²) in [5.41, 5.74) is 4.11. The van der Waals surface area contributed by atoms with Crippen LogP contribution in [0.3, 0.4) is 0 Å². The Kier molecular flexibility index (Phi) is 4.55. The maximum Gasteiger partial charge on any atom is 0.120 e. The van der Waals surface area contributed by atoms with Crippen LogP contribution in [0.4, 0.5) is 0 Å². The van der Waals surface area contributed by atoms with Gasteiger partial charge in [-0.25, -0.2) is 0 Å². The van der Waals surface area contributed by atoms with E-state index in [1.54, 1.807) is 0 Å². The Morgan fingerprint density at radius 3 is 2.90 bits per heavy atom. The minimum absolute atomic E-state index is 0.126. The first-order chi connectivity index (χ1) is 9.85. The molecule has 20 heavy (non-hydrogen) atoms. The van der Waals surface area contributed by atoms with E-state index < -0.39 is 0 Å². The van der Waals surface area contributed by atoms with Gasteiger partial charge in [0.15, 0.2) is 0 Å². The number of benzene rings is 1. The van der Waals surface area contributed by atoms with E-state index in [2.05, 4.69) is 17.6 Å². The van der Waals surface area contributed by atoms with Crippen molar-refractivity contribution in [1.29, 1.82) is 0 Å². The lowest BCUT2D eigenvalue weighted by molar-refractivity contribution is 0.00501. The third kappa shape index (κ3) is 3.72. The predicted molar refractivity (Wildman–Crippen MR) is 78.4 cm³/mol. The number of nitrogens with two attached hydrogens (primary N) is 1. The van der Waals surface area contributed by atoms with Crippen LogP contribution in [-0.4, -0.2) is 18.8 Å². The Morgan fingerprint density at radius 1 is 1.30 bits per heavy atom. The van der Waals surface area contributed by atoms with Gasteiger partial charge in [0.2, 0.25) is 0 Å². The van der Waals surface area contributed by atoms with Crippen molar-refractivity contribution in [2.75, 3.05) is 6.61 Å². The van der Waals surface area contributed by atoms with E-state index in [4.69, 9.17) is 15.3 Å². The number of hydrazine groups is 1. The van der Waals surface area contributed by atoms with E-state index >= 15 is 0 Å². The molecule has 1 saturated heterocycles. The molecule has 2 unspecified atom stereocenters. The maximum atomic E-state index is 5.85. The van der Waals surface area contributed by atoms with Gasteiger partial charge in [0.25, 0.3) is 0 Å². The molecule has 1 aliphatic heterocycles. The van der Waals surface area contributed by atoms with Gasteiger partial charge in [-0.3, -0.25) is 11.3 Å². The molecule has 0 aromatic heterocycles. The first-order valence-electron chi connectivity index (χ1n) is 7.69. The maximum absolute atomic E-state index is 5.85. The molecule has 2 aliphatic rings. The lowest BCUT2D eigenvalue weighted by Gasteiger charge is -2.27. The van der Waals surface area contributed by atoms with Gasteiger partial charge in [0.1, 0.15) is 5.75 Å².